The van der Waals surface area contributed by atoms with Crippen molar-refractivity contribution in [3.63, 3.8) is 0 Å². The van der Waals surface area contributed by atoms with Gasteiger partial charge in [0.15, 0.2) is 0 Å². The molecule has 102 valence electrons. The predicted octanol–water partition coefficient (Wildman–Crippen LogP) is 4.98. The van der Waals surface area contributed by atoms with Crippen LogP contribution in [0.15, 0.2) is 36.4 Å². The first-order valence-electron chi connectivity index (χ1n) is 6.39. The minimum Gasteiger partial charge on any atom is -0.387 e. The molecule has 0 radical (unpaired) electrons. The summed E-state index contributed by atoms with van der Waals surface area (Å²) in [4.78, 5) is 0.921. The van der Waals surface area contributed by atoms with Crippen LogP contribution in [0.5, 0.6) is 0 Å². The Bertz CT molecular complexity index is 537. The van der Waals surface area contributed by atoms with Gasteiger partial charge in [-0.15, -0.1) is 11.3 Å². The van der Waals surface area contributed by atoms with E-state index in [1.165, 1.54) is 16.9 Å². The number of thiophene rings is 1. The number of rotatable bonds is 3. The van der Waals surface area contributed by atoms with E-state index in [9.17, 15) is 5.11 Å². The van der Waals surface area contributed by atoms with Crippen molar-refractivity contribution < 1.29 is 5.11 Å². The Morgan fingerprint density at radius 3 is 2.21 bits per heavy atom. The summed E-state index contributed by atoms with van der Waals surface area (Å²) in [6.07, 6.45) is 0.152. The van der Waals surface area contributed by atoms with E-state index in [2.05, 4.69) is 45.0 Å². The molecule has 1 aromatic carbocycles. The Morgan fingerprint density at radius 2 is 1.74 bits per heavy atom. The second kappa shape index (κ2) is 5.66. The highest BCUT2D eigenvalue weighted by Gasteiger charge is 2.14. The third-order valence-electron chi connectivity index (χ3n) is 3.17. The normalized spacial score (nSPS) is 13.5. The van der Waals surface area contributed by atoms with Crippen LogP contribution in [0.1, 0.15) is 42.9 Å². The van der Waals surface area contributed by atoms with E-state index in [4.69, 9.17) is 11.6 Å². The summed E-state index contributed by atoms with van der Waals surface area (Å²) in [6.45, 7) is 6.60. The molecular formula is C16H19ClOS. The minimum absolute atomic E-state index is 0.165. The molecule has 1 atom stereocenters. The van der Waals surface area contributed by atoms with Crippen LogP contribution in [0, 0.1) is 0 Å². The molecule has 1 N–H and O–H groups in total. The Morgan fingerprint density at radius 1 is 1.11 bits per heavy atom. The molecule has 0 spiro atoms. The molecule has 2 aromatic rings. The van der Waals surface area contributed by atoms with Crippen molar-refractivity contribution in [3.05, 3.63) is 56.7 Å². The van der Waals surface area contributed by atoms with Crippen LogP contribution in [-0.4, -0.2) is 5.11 Å². The van der Waals surface area contributed by atoms with Crippen molar-refractivity contribution in [3.8, 4) is 0 Å². The van der Waals surface area contributed by atoms with E-state index in [0.717, 1.165) is 14.8 Å². The van der Waals surface area contributed by atoms with Crippen LogP contribution in [0.2, 0.25) is 4.34 Å². The number of benzene rings is 1. The highest BCUT2D eigenvalue weighted by Crippen LogP contribution is 2.29. The summed E-state index contributed by atoms with van der Waals surface area (Å²) < 4.78 is 0.720. The van der Waals surface area contributed by atoms with Gasteiger partial charge in [-0.2, -0.15) is 0 Å². The Balaban J connectivity index is 2.07. The predicted molar refractivity (Wildman–Crippen MR) is 83.1 cm³/mol. The quantitative estimate of drug-likeness (QED) is 0.847. The molecule has 2 rings (SSSR count). The van der Waals surface area contributed by atoms with E-state index < -0.39 is 6.10 Å². The van der Waals surface area contributed by atoms with Gasteiger partial charge in [0, 0.05) is 11.3 Å². The Hall–Kier alpha value is -0.830. The molecule has 1 unspecified atom stereocenters. The molecule has 0 aliphatic rings. The van der Waals surface area contributed by atoms with Crippen molar-refractivity contribution in [2.24, 2.45) is 0 Å². The number of aliphatic hydroxyl groups excluding tert-OH is 1. The van der Waals surface area contributed by atoms with Crippen LogP contribution in [0.3, 0.4) is 0 Å². The lowest BCUT2D eigenvalue weighted by Gasteiger charge is -2.19. The molecule has 1 heterocycles. The average Bonchev–Trinajstić information content (AvgIpc) is 2.75. The first kappa shape index (κ1) is 14.6. The maximum absolute atomic E-state index is 10.2. The highest BCUT2D eigenvalue weighted by molar-refractivity contribution is 7.16. The highest BCUT2D eigenvalue weighted by atomic mass is 35.5. The van der Waals surface area contributed by atoms with Crippen molar-refractivity contribution in [1.82, 2.24) is 0 Å². The molecule has 1 aromatic heterocycles. The minimum atomic E-state index is -0.474. The Labute approximate surface area is 123 Å². The fourth-order valence-corrected chi connectivity index (χ4v) is 3.02. The van der Waals surface area contributed by atoms with Crippen molar-refractivity contribution in [2.45, 2.75) is 38.7 Å². The van der Waals surface area contributed by atoms with Gasteiger partial charge in [-0.1, -0.05) is 56.6 Å². The van der Waals surface area contributed by atoms with Crippen LogP contribution in [0.4, 0.5) is 0 Å². The zero-order valence-corrected chi connectivity index (χ0v) is 13.1. The van der Waals surface area contributed by atoms with Gasteiger partial charge in [0.1, 0.15) is 0 Å². The van der Waals surface area contributed by atoms with E-state index in [0.29, 0.717) is 6.42 Å². The molecule has 0 fully saturated rings. The van der Waals surface area contributed by atoms with Gasteiger partial charge in [-0.3, -0.25) is 0 Å². The zero-order chi connectivity index (χ0) is 14.0. The first-order valence-corrected chi connectivity index (χ1v) is 7.58. The molecule has 0 aliphatic heterocycles. The van der Waals surface area contributed by atoms with Gasteiger partial charge in [-0.05, 0) is 28.7 Å². The Kier molecular flexibility index (Phi) is 4.34. The van der Waals surface area contributed by atoms with Crippen molar-refractivity contribution >= 4 is 22.9 Å². The van der Waals surface area contributed by atoms with E-state index in [1.807, 2.05) is 12.1 Å². The first-order chi connectivity index (χ1) is 8.86. The molecule has 1 nitrogen and oxygen atoms in total. The lowest BCUT2D eigenvalue weighted by atomic mass is 9.86. The van der Waals surface area contributed by atoms with Crippen molar-refractivity contribution in [2.75, 3.05) is 0 Å². The molecule has 0 bridgehead atoms. The topological polar surface area (TPSA) is 20.2 Å². The number of halogens is 1. The van der Waals surface area contributed by atoms with Crippen LogP contribution >= 0.6 is 22.9 Å². The largest absolute Gasteiger partial charge is 0.387 e. The number of hydrogen-bond acceptors (Lipinski definition) is 2. The maximum atomic E-state index is 10.2. The van der Waals surface area contributed by atoms with Crippen LogP contribution in [0.25, 0.3) is 0 Å². The summed E-state index contributed by atoms with van der Waals surface area (Å²) in [5.41, 5.74) is 2.62. The molecule has 0 amide bonds. The summed E-state index contributed by atoms with van der Waals surface area (Å²) in [6, 6.07) is 12.2. The summed E-state index contributed by atoms with van der Waals surface area (Å²) in [7, 11) is 0. The fourth-order valence-electron chi connectivity index (χ4n) is 1.97. The van der Waals surface area contributed by atoms with E-state index in [1.54, 1.807) is 0 Å². The van der Waals surface area contributed by atoms with Gasteiger partial charge < -0.3 is 5.11 Å². The summed E-state index contributed by atoms with van der Waals surface area (Å²) in [5.74, 6) is 0. The third-order valence-corrected chi connectivity index (χ3v) is 4.50. The average molecular weight is 295 g/mol. The van der Waals surface area contributed by atoms with Gasteiger partial charge in [0.25, 0.3) is 0 Å². The lowest BCUT2D eigenvalue weighted by molar-refractivity contribution is 0.182. The summed E-state index contributed by atoms with van der Waals surface area (Å²) in [5, 5.41) is 10.2. The number of hydrogen-bond donors (Lipinski definition) is 1. The molecule has 3 heteroatoms. The molecule has 19 heavy (non-hydrogen) atoms. The van der Waals surface area contributed by atoms with Gasteiger partial charge >= 0.3 is 0 Å². The fraction of sp³-hybridized carbons (Fsp3) is 0.375. The maximum Gasteiger partial charge on any atom is 0.0932 e. The second-order valence-corrected chi connectivity index (χ2v) is 7.56. The van der Waals surface area contributed by atoms with Gasteiger partial charge in [0.2, 0.25) is 0 Å². The standard InChI is InChI=1S/C16H19ClOS/c1-16(2,3)12-6-4-11(5-7-12)10-13(18)14-8-9-15(17)19-14/h4-9,13,18H,10H2,1-3H3. The number of aliphatic hydroxyl groups is 1. The molecular weight excluding hydrogens is 276 g/mol. The summed E-state index contributed by atoms with van der Waals surface area (Å²) >= 11 is 7.32. The molecule has 0 saturated heterocycles. The SMILES string of the molecule is CC(C)(C)c1ccc(CC(O)c2ccc(Cl)s2)cc1. The lowest BCUT2D eigenvalue weighted by Crippen LogP contribution is -2.11. The monoisotopic (exact) mass is 294 g/mol. The second-order valence-electron chi connectivity index (χ2n) is 5.81. The molecule has 0 saturated carbocycles. The van der Waals surface area contributed by atoms with E-state index in [-0.39, 0.29) is 5.41 Å². The molecule has 0 aliphatic carbocycles. The van der Waals surface area contributed by atoms with Gasteiger partial charge in [-0.25, -0.2) is 0 Å². The third kappa shape index (κ3) is 3.82. The van der Waals surface area contributed by atoms with Crippen LogP contribution < -0.4 is 0 Å². The smallest absolute Gasteiger partial charge is 0.0932 e. The van der Waals surface area contributed by atoms with Crippen LogP contribution in [-0.2, 0) is 11.8 Å². The van der Waals surface area contributed by atoms with Crippen molar-refractivity contribution in [1.29, 1.82) is 0 Å². The zero-order valence-electron chi connectivity index (χ0n) is 11.5. The van der Waals surface area contributed by atoms with E-state index >= 15 is 0 Å². The van der Waals surface area contributed by atoms with Gasteiger partial charge in [0.05, 0.1) is 10.4 Å².